The lowest BCUT2D eigenvalue weighted by Gasteiger charge is -2.43. The highest BCUT2D eigenvalue weighted by Crippen LogP contribution is 2.43. The summed E-state index contributed by atoms with van der Waals surface area (Å²) in [6, 6.07) is 7.41. The van der Waals surface area contributed by atoms with Gasteiger partial charge in [0, 0.05) is 6.04 Å². The molecule has 9 heteroatoms. The van der Waals surface area contributed by atoms with Gasteiger partial charge in [0.05, 0.1) is 11.5 Å². The van der Waals surface area contributed by atoms with Crippen LogP contribution in [0.15, 0.2) is 42.5 Å². The smallest absolute Gasteiger partial charge is 0.416 e. The van der Waals surface area contributed by atoms with E-state index in [1.165, 1.54) is 17.0 Å². The second-order valence-electron chi connectivity index (χ2n) is 11.4. The van der Waals surface area contributed by atoms with Gasteiger partial charge in [0.25, 0.3) is 0 Å². The summed E-state index contributed by atoms with van der Waals surface area (Å²) in [6.07, 6.45) is -7.20. The highest BCUT2D eigenvalue weighted by atomic mass is 19.4. The lowest BCUT2D eigenvalue weighted by molar-refractivity contribution is -0.200. The number of carboxylic acid groups (broad SMARTS) is 1. The summed E-state index contributed by atoms with van der Waals surface area (Å²) in [7, 11) is 0. The van der Waals surface area contributed by atoms with Gasteiger partial charge in [-0.05, 0) is 90.9 Å². The molecule has 3 nitrogen and oxygen atoms in total. The molecule has 0 aliphatic carbocycles. The van der Waals surface area contributed by atoms with Crippen molar-refractivity contribution in [1.29, 1.82) is 0 Å². The fraction of sp³-hybridized carbons (Fsp3) is 0.567. The highest BCUT2D eigenvalue weighted by Gasteiger charge is 2.47. The standard InChI is InChI=1S/C30H37F6NO2/c1-18(2)12-13-37-26(6-5-7-27(37)30(34,35)36)23-16-21(20-8-10-24(11-9-20)29(31,32)33)15-22(17-23)25(28(38)39)14-19(3)4/h8-11,15-19,25-27H,5-7,12-14H2,1-4H3,(H,38,39)/t25-,26?,27?/m0/s1. The zero-order valence-corrected chi connectivity index (χ0v) is 22.7. The van der Waals surface area contributed by atoms with Gasteiger partial charge in [-0.1, -0.05) is 52.0 Å². The zero-order chi connectivity index (χ0) is 29.1. The molecule has 1 fully saturated rings. The molecule has 0 spiro atoms. The van der Waals surface area contributed by atoms with Crippen LogP contribution in [0.3, 0.4) is 0 Å². The number of alkyl halides is 6. The molecule has 216 valence electrons. The largest absolute Gasteiger partial charge is 0.481 e. The minimum absolute atomic E-state index is 0.00531. The van der Waals surface area contributed by atoms with Crippen LogP contribution in [0.5, 0.6) is 0 Å². The fourth-order valence-corrected chi connectivity index (χ4v) is 5.42. The molecule has 3 rings (SSSR count). The number of carboxylic acids is 1. The summed E-state index contributed by atoms with van der Waals surface area (Å²) in [6.45, 7) is 7.92. The van der Waals surface area contributed by atoms with Crippen molar-refractivity contribution < 1.29 is 36.2 Å². The molecule has 0 bridgehead atoms. The topological polar surface area (TPSA) is 40.5 Å². The van der Waals surface area contributed by atoms with Crippen molar-refractivity contribution in [3.63, 3.8) is 0 Å². The maximum Gasteiger partial charge on any atom is 0.416 e. The maximum atomic E-state index is 14.1. The third kappa shape index (κ3) is 7.99. The molecule has 0 radical (unpaired) electrons. The SMILES string of the molecule is CC(C)CCN1C(c2cc(-c3ccc(C(F)(F)F)cc3)cc([C@H](CC(C)C)C(=O)O)c2)CCCC1C(F)(F)F. The van der Waals surface area contributed by atoms with Gasteiger partial charge in [-0.3, -0.25) is 9.69 Å². The van der Waals surface area contributed by atoms with Crippen LogP contribution >= 0.6 is 0 Å². The normalized spacial score (nSPS) is 20.0. The quantitative estimate of drug-likeness (QED) is 0.313. The van der Waals surface area contributed by atoms with Crippen molar-refractivity contribution in [3.8, 4) is 11.1 Å². The first-order valence-electron chi connectivity index (χ1n) is 13.5. The second-order valence-corrected chi connectivity index (χ2v) is 11.4. The Morgan fingerprint density at radius 1 is 0.923 bits per heavy atom. The Kier molecular flexibility index (Phi) is 9.78. The van der Waals surface area contributed by atoms with E-state index in [1.807, 2.05) is 27.7 Å². The van der Waals surface area contributed by atoms with Gasteiger partial charge in [-0.2, -0.15) is 26.3 Å². The maximum absolute atomic E-state index is 14.1. The van der Waals surface area contributed by atoms with E-state index in [2.05, 4.69) is 0 Å². The van der Waals surface area contributed by atoms with Gasteiger partial charge in [-0.25, -0.2) is 0 Å². The number of rotatable bonds is 9. The average molecular weight is 558 g/mol. The van der Waals surface area contributed by atoms with Crippen molar-refractivity contribution in [3.05, 3.63) is 59.2 Å². The predicted molar refractivity (Wildman–Crippen MR) is 139 cm³/mol. The number of aliphatic carboxylic acids is 1. The molecule has 0 amide bonds. The molecule has 1 saturated heterocycles. The summed E-state index contributed by atoms with van der Waals surface area (Å²) in [4.78, 5) is 13.8. The Balaban J connectivity index is 2.16. The molecule has 1 aliphatic rings. The van der Waals surface area contributed by atoms with E-state index in [9.17, 15) is 36.2 Å². The number of hydrogen-bond acceptors (Lipinski definition) is 2. The van der Waals surface area contributed by atoms with Crippen LogP contribution in [0.25, 0.3) is 11.1 Å². The summed E-state index contributed by atoms with van der Waals surface area (Å²) >= 11 is 0. The Labute approximate surface area is 226 Å². The third-order valence-electron chi connectivity index (χ3n) is 7.41. The number of hydrogen-bond donors (Lipinski definition) is 1. The fourth-order valence-electron chi connectivity index (χ4n) is 5.42. The van der Waals surface area contributed by atoms with Crippen LogP contribution < -0.4 is 0 Å². The first-order valence-corrected chi connectivity index (χ1v) is 13.5. The van der Waals surface area contributed by atoms with Crippen molar-refractivity contribution in [2.75, 3.05) is 6.54 Å². The van der Waals surface area contributed by atoms with Crippen LogP contribution in [0, 0.1) is 11.8 Å². The first-order chi connectivity index (χ1) is 18.1. The molecular weight excluding hydrogens is 520 g/mol. The number of carbonyl (C=O) groups is 1. The van der Waals surface area contributed by atoms with Gasteiger partial charge in [0.2, 0.25) is 0 Å². The summed E-state index contributed by atoms with van der Waals surface area (Å²) in [5.74, 6) is -1.72. The number of benzene rings is 2. The molecule has 2 aromatic rings. The monoisotopic (exact) mass is 557 g/mol. The molecular formula is C30H37F6NO2. The van der Waals surface area contributed by atoms with E-state index in [1.54, 1.807) is 18.2 Å². The average Bonchev–Trinajstić information content (AvgIpc) is 2.84. The van der Waals surface area contributed by atoms with E-state index in [0.29, 0.717) is 47.9 Å². The lowest BCUT2D eigenvalue weighted by Crippen LogP contribution is -2.50. The highest BCUT2D eigenvalue weighted by molar-refractivity contribution is 5.77. The molecule has 1 N–H and O–H groups in total. The molecule has 2 unspecified atom stereocenters. The molecule has 2 aromatic carbocycles. The summed E-state index contributed by atoms with van der Waals surface area (Å²) in [5.41, 5.74) is 1.13. The predicted octanol–water partition coefficient (Wildman–Crippen LogP) is 9.09. The van der Waals surface area contributed by atoms with Gasteiger partial charge in [0.15, 0.2) is 0 Å². The van der Waals surface area contributed by atoms with E-state index in [0.717, 1.165) is 12.1 Å². The van der Waals surface area contributed by atoms with Gasteiger partial charge >= 0.3 is 18.3 Å². The van der Waals surface area contributed by atoms with E-state index < -0.39 is 41.9 Å². The summed E-state index contributed by atoms with van der Waals surface area (Å²) < 4.78 is 81.8. The Morgan fingerprint density at radius 2 is 1.56 bits per heavy atom. The van der Waals surface area contributed by atoms with E-state index in [4.69, 9.17) is 0 Å². The van der Waals surface area contributed by atoms with E-state index in [-0.39, 0.29) is 24.8 Å². The molecule has 39 heavy (non-hydrogen) atoms. The van der Waals surface area contributed by atoms with Crippen molar-refractivity contribution in [1.82, 2.24) is 4.90 Å². The van der Waals surface area contributed by atoms with Gasteiger partial charge in [-0.15, -0.1) is 0 Å². The van der Waals surface area contributed by atoms with Crippen molar-refractivity contribution >= 4 is 5.97 Å². The van der Waals surface area contributed by atoms with Crippen LogP contribution in [-0.2, 0) is 11.0 Å². The number of halogens is 6. The Bertz CT molecular complexity index is 1110. The number of nitrogens with zero attached hydrogens (tertiary/aromatic N) is 1. The lowest BCUT2D eigenvalue weighted by atomic mass is 9.83. The molecule has 0 saturated carbocycles. The molecule has 1 aliphatic heterocycles. The zero-order valence-electron chi connectivity index (χ0n) is 22.7. The van der Waals surface area contributed by atoms with Crippen LogP contribution in [0.1, 0.15) is 88.4 Å². The van der Waals surface area contributed by atoms with Crippen molar-refractivity contribution in [2.45, 2.75) is 90.2 Å². The van der Waals surface area contributed by atoms with Crippen LogP contribution in [0.4, 0.5) is 26.3 Å². The van der Waals surface area contributed by atoms with Gasteiger partial charge in [0.1, 0.15) is 6.04 Å². The minimum atomic E-state index is -4.51. The van der Waals surface area contributed by atoms with Crippen molar-refractivity contribution in [2.24, 2.45) is 11.8 Å². The summed E-state index contributed by atoms with van der Waals surface area (Å²) in [5, 5.41) is 10.0. The third-order valence-corrected chi connectivity index (χ3v) is 7.41. The second kappa shape index (κ2) is 12.3. The first kappa shape index (κ1) is 31.0. The van der Waals surface area contributed by atoms with Crippen LogP contribution in [0.2, 0.25) is 0 Å². The Morgan fingerprint density at radius 3 is 2.08 bits per heavy atom. The molecule has 1 heterocycles. The molecule has 3 atom stereocenters. The molecule has 0 aromatic heterocycles. The van der Waals surface area contributed by atoms with Crippen LogP contribution in [-0.4, -0.2) is 34.7 Å². The number of likely N-dealkylation sites (tertiary alicyclic amines) is 1. The number of piperidine rings is 1. The van der Waals surface area contributed by atoms with E-state index >= 15 is 0 Å². The van der Waals surface area contributed by atoms with Gasteiger partial charge < -0.3 is 5.11 Å². The minimum Gasteiger partial charge on any atom is -0.481 e. The Hall–Kier alpha value is -2.55.